The van der Waals surface area contributed by atoms with Crippen molar-refractivity contribution in [1.82, 2.24) is 15.1 Å². The van der Waals surface area contributed by atoms with E-state index in [2.05, 4.69) is 15.1 Å². The number of rotatable bonds is 5. The summed E-state index contributed by atoms with van der Waals surface area (Å²) in [5.41, 5.74) is 2.75. The van der Waals surface area contributed by atoms with E-state index in [1.807, 2.05) is 17.0 Å². The van der Waals surface area contributed by atoms with Crippen LogP contribution in [0.5, 0.6) is 0 Å². The lowest BCUT2D eigenvalue weighted by Crippen LogP contribution is -2.63. The average molecular weight is 459 g/mol. The second-order valence-corrected chi connectivity index (χ2v) is 8.86. The third-order valence-corrected chi connectivity index (χ3v) is 6.75. The lowest BCUT2D eigenvalue weighted by atomic mass is 9.64. The topological polar surface area (TPSA) is 45.4 Å². The zero-order valence-corrected chi connectivity index (χ0v) is 18.0. The Balaban J connectivity index is 1.34. The Morgan fingerprint density at radius 1 is 1.06 bits per heavy atom. The molecule has 3 aromatic rings. The molecule has 1 saturated heterocycles. The zero-order valence-electron chi connectivity index (χ0n) is 17.2. The highest BCUT2D eigenvalue weighted by Crippen LogP contribution is 2.48. The number of hydrogen-bond donors (Lipinski definition) is 0. The monoisotopic (exact) mass is 458 g/mol. The second-order valence-electron chi connectivity index (χ2n) is 8.50. The molecule has 9 heteroatoms. The van der Waals surface area contributed by atoms with E-state index in [0.29, 0.717) is 17.5 Å². The maximum absolute atomic E-state index is 13.5. The van der Waals surface area contributed by atoms with Gasteiger partial charge < -0.3 is 14.2 Å². The minimum absolute atomic E-state index is 0.0455. The molecule has 1 aliphatic carbocycles. The van der Waals surface area contributed by atoms with Crippen molar-refractivity contribution >= 4 is 23.0 Å². The summed E-state index contributed by atoms with van der Waals surface area (Å²) in [4.78, 5) is 4.20. The Hall–Kier alpha value is -2.94. The van der Waals surface area contributed by atoms with Gasteiger partial charge in [0.15, 0.2) is 5.11 Å². The predicted octanol–water partition coefficient (Wildman–Crippen LogP) is 5.59. The Morgan fingerprint density at radius 2 is 1.75 bits per heavy atom. The summed E-state index contributed by atoms with van der Waals surface area (Å²) in [6.45, 7) is 2.42. The van der Waals surface area contributed by atoms with Crippen molar-refractivity contribution in [2.45, 2.75) is 32.2 Å². The molecule has 2 aliphatic rings. The molecule has 0 bridgehead atoms. The Kier molecular flexibility index (Phi) is 5.36. The predicted molar refractivity (Wildman–Crippen MR) is 118 cm³/mol. The molecule has 166 valence electrons. The van der Waals surface area contributed by atoms with Crippen molar-refractivity contribution in [3.8, 4) is 11.5 Å². The van der Waals surface area contributed by atoms with Crippen LogP contribution in [0, 0.1) is 11.2 Å². The van der Waals surface area contributed by atoms with Gasteiger partial charge in [0.2, 0.25) is 5.89 Å². The number of aromatic nitrogens is 2. The molecule has 0 radical (unpaired) electrons. The van der Waals surface area contributed by atoms with Crippen molar-refractivity contribution in [3.05, 3.63) is 65.8 Å². The van der Waals surface area contributed by atoms with Crippen LogP contribution in [0.15, 0.2) is 52.9 Å². The Labute approximate surface area is 188 Å². The van der Waals surface area contributed by atoms with Gasteiger partial charge in [0.1, 0.15) is 5.82 Å². The van der Waals surface area contributed by atoms with Crippen LogP contribution in [0.4, 0.5) is 18.9 Å². The van der Waals surface area contributed by atoms with E-state index in [-0.39, 0.29) is 11.7 Å². The number of anilines is 1. The molecule has 0 atom stereocenters. The molecule has 1 spiro atoms. The number of benzene rings is 2. The molecule has 0 N–H and O–H groups in total. The van der Waals surface area contributed by atoms with E-state index in [1.165, 1.54) is 31.4 Å². The Morgan fingerprint density at radius 3 is 2.31 bits per heavy atom. The molecule has 5 rings (SSSR count). The van der Waals surface area contributed by atoms with Crippen LogP contribution < -0.4 is 4.90 Å². The van der Waals surface area contributed by atoms with Crippen LogP contribution in [0.2, 0.25) is 0 Å². The smallest absolute Gasteiger partial charge is 0.314 e. The fraction of sp³-hybridized carbons (Fsp3) is 0.348. The van der Waals surface area contributed by atoms with E-state index in [1.54, 1.807) is 24.3 Å². The molecule has 1 saturated carbocycles. The molecule has 0 unspecified atom stereocenters. The maximum Gasteiger partial charge on any atom is 0.314 e. The molecule has 1 aliphatic heterocycles. The summed E-state index contributed by atoms with van der Waals surface area (Å²) in [5, 5.41) is 7.76. The summed E-state index contributed by atoms with van der Waals surface area (Å²) < 4.78 is 43.9. The van der Waals surface area contributed by atoms with Crippen LogP contribution in [-0.2, 0) is 6.54 Å². The van der Waals surface area contributed by atoms with Crippen LogP contribution >= 0.6 is 12.2 Å². The molecular weight excluding hydrogens is 437 g/mol. The minimum Gasteiger partial charge on any atom is -0.415 e. The first-order valence-electron chi connectivity index (χ1n) is 10.5. The zero-order chi connectivity index (χ0) is 22.3. The molecule has 32 heavy (non-hydrogen) atoms. The standard InChI is InChI=1S/C23H21F3N4OS/c24-17-6-8-18(9-7-17)30(22(32)29-13-23(14-29)10-1-11-23)12-15-2-4-16(5-3-15)20-27-28-21(31-20)19(25)26/h2-9,19H,1,10-14H2. The maximum atomic E-state index is 13.5. The van der Waals surface area contributed by atoms with Crippen LogP contribution in [0.1, 0.15) is 37.1 Å². The van der Waals surface area contributed by atoms with E-state index >= 15 is 0 Å². The van der Waals surface area contributed by atoms with Gasteiger partial charge in [-0.2, -0.15) is 8.78 Å². The molecule has 0 amide bonds. The van der Waals surface area contributed by atoms with E-state index in [9.17, 15) is 13.2 Å². The van der Waals surface area contributed by atoms with E-state index < -0.39 is 12.3 Å². The van der Waals surface area contributed by atoms with Gasteiger partial charge in [0.25, 0.3) is 5.89 Å². The fourth-order valence-corrected chi connectivity index (χ4v) is 4.63. The molecule has 2 fully saturated rings. The molecule has 1 aromatic heterocycles. The first kappa shape index (κ1) is 20.9. The quantitative estimate of drug-likeness (QED) is 0.465. The number of thiocarbonyl (C=S) groups is 1. The van der Waals surface area contributed by atoms with Gasteiger partial charge in [-0.15, -0.1) is 10.2 Å². The summed E-state index contributed by atoms with van der Waals surface area (Å²) in [5.74, 6) is -0.955. The SMILES string of the molecule is Fc1ccc(N(Cc2ccc(-c3nnc(C(F)F)o3)cc2)C(=S)N2CC3(CCC3)C2)cc1. The van der Waals surface area contributed by atoms with E-state index in [0.717, 1.165) is 29.5 Å². The van der Waals surface area contributed by atoms with Crippen molar-refractivity contribution in [3.63, 3.8) is 0 Å². The average Bonchev–Trinajstić information content (AvgIpc) is 3.22. The highest BCUT2D eigenvalue weighted by atomic mass is 32.1. The number of hydrogen-bond acceptors (Lipinski definition) is 4. The summed E-state index contributed by atoms with van der Waals surface area (Å²) in [7, 11) is 0. The second kappa shape index (κ2) is 8.20. The van der Waals surface area contributed by atoms with Gasteiger partial charge >= 0.3 is 6.43 Å². The van der Waals surface area contributed by atoms with Crippen molar-refractivity contribution in [1.29, 1.82) is 0 Å². The third-order valence-electron chi connectivity index (χ3n) is 6.28. The third kappa shape index (κ3) is 3.97. The van der Waals surface area contributed by atoms with E-state index in [4.69, 9.17) is 16.6 Å². The normalized spacial score (nSPS) is 16.7. The van der Waals surface area contributed by atoms with Crippen molar-refractivity contribution in [2.75, 3.05) is 18.0 Å². The van der Waals surface area contributed by atoms with Crippen LogP contribution in [0.3, 0.4) is 0 Å². The lowest BCUT2D eigenvalue weighted by Gasteiger charge is -2.57. The van der Waals surface area contributed by atoms with Gasteiger partial charge in [-0.1, -0.05) is 18.6 Å². The van der Waals surface area contributed by atoms with Crippen LogP contribution in [0.25, 0.3) is 11.5 Å². The molecule has 2 aromatic carbocycles. The van der Waals surface area contributed by atoms with Crippen molar-refractivity contribution in [2.24, 2.45) is 5.41 Å². The minimum atomic E-state index is -2.80. The Bertz CT molecular complexity index is 1110. The van der Waals surface area contributed by atoms with Crippen LogP contribution in [-0.4, -0.2) is 33.3 Å². The number of nitrogens with zero attached hydrogens (tertiary/aromatic N) is 4. The van der Waals surface area contributed by atoms with Gasteiger partial charge in [-0.3, -0.25) is 0 Å². The number of alkyl halides is 2. The number of likely N-dealkylation sites (tertiary alicyclic amines) is 1. The van der Waals surface area contributed by atoms with Gasteiger partial charge in [-0.05, 0) is 67.0 Å². The summed E-state index contributed by atoms with van der Waals surface area (Å²) >= 11 is 5.82. The fourth-order valence-electron chi connectivity index (χ4n) is 4.33. The first-order chi connectivity index (χ1) is 15.4. The first-order valence-corrected chi connectivity index (χ1v) is 10.9. The highest BCUT2D eigenvalue weighted by Gasteiger charge is 2.48. The summed E-state index contributed by atoms with van der Waals surface area (Å²) in [6.07, 6.45) is 0.995. The van der Waals surface area contributed by atoms with Gasteiger partial charge in [0.05, 0.1) is 6.54 Å². The van der Waals surface area contributed by atoms with Crippen molar-refractivity contribution < 1.29 is 17.6 Å². The summed E-state index contributed by atoms with van der Waals surface area (Å²) in [6, 6.07) is 13.5. The number of halogens is 3. The van der Waals surface area contributed by atoms with Gasteiger partial charge in [-0.25, -0.2) is 4.39 Å². The molecule has 5 nitrogen and oxygen atoms in total. The highest BCUT2D eigenvalue weighted by molar-refractivity contribution is 7.80. The largest absolute Gasteiger partial charge is 0.415 e. The molecular formula is C23H21F3N4OS. The molecule has 2 heterocycles. The van der Waals surface area contributed by atoms with Gasteiger partial charge in [0, 0.05) is 29.8 Å². The lowest BCUT2D eigenvalue weighted by molar-refractivity contribution is -0.0163.